The van der Waals surface area contributed by atoms with Gasteiger partial charge >= 0.3 is 5.97 Å². The van der Waals surface area contributed by atoms with Gasteiger partial charge in [-0.2, -0.15) is 0 Å². The quantitative estimate of drug-likeness (QED) is 0.361. The van der Waals surface area contributed by atoms with Gasteiger partial charge in [-0.05, 0) is 42.0 Å². The number of esters is 1. The fourth-order valence-corrected chi connectivity index (χ4v) is 3.32. The van der Waals surface area contributed by atoms with Crippen LogP contribution >= 0.6 is 11.8 Å². The third-order valence-corrected chi connectivity index (χ3v) is 4.82. The van der Waals surface area contributed by atoms with Crippen molar-refractivity contribution in [3.8, 4) is 11.5 Å². The second-order valence-electron chi connectivity index (χ2n) is 5.82. The minimum atomic E-state index is -0.502. The molecule has 1 fully saturated rings. The number of ether oxygens (including phenoxy) is 3. The summed E-state index contributed by atoms with van der Waals surface area (Å²) in [6.45, 7) is 2.28. The molecule has 1 aromatic carbocycles. The minimum absolute atomic E-state index is 0.233. The minimum Gasteiger partial charge on any atom is -0.493 e. The van der Waals surface area contributed by atoms with Crippen molar-refractivity contribution >= 4 is 35.0 Å². The molecule has 2 amide bonds. The standard InChI is InChI=1S/C19H23NO6S/c1-4-5-6-9-20-18(22)16(27-19(20)23)11-13-7-8-14(15(10-13)24-2)26-12-17(21)25-3/h7-8,10-11H,4-6,9,12H2,1-3H3/b16-11-. The van der Waals surface area contributed by atoms with Gasteiger partial charge in [0.05, 0.1) is 19.1 Å². The van der Waals surface area contributed by atoms with Crippen molar-refractivity contribution in [2.24, 2.45) is 0 Å². The van der Waals surface area contributed by atoms with E-state index in [1.807, 2.05) is 0 Å². The molecule has 1 aliphatic heterocycles. The summed E-state index contributed by atoms with van der Waals surface area (Å²) in [5.41, 5.74) is 0.691. The Morgan fingerprint density at radius 1 is 1.19 bits per heavy atom. The summed E-state index contributed by atoms with van der Waals surface area (Å²) < 4.78 is 15.2. The maximum absolute atomic E-state index is 12.5. The number of nitrogens with zero attached hydrogens (tertiary/aromatic N) is 1. The van der Waals surface area contributed by atoms with Crippen LogP contribution in [0.2, 0.25) is 0 Å². The molecule has 0 aromatic heterocycles. The number of imide groups is 1. The fraction of sp³-hybridized carbons (Fsp3) is 0.421. The van der Waals surface area contributed by atoms with E-state index in [4.69, 9.17) is 9.47 Å². The molecular weight excluding hydrogens is 370 g/mol. The molecule has 0 aliphatic carbocycles. The highest BCUT2D eigenvalue weighted by Crippen LogP contribution is 2.34. The largest absolute Gasteiger partial charge is 0.493 e. The highest BCUT2D eigenvalue weighted by molar-refractivity contribution is 8.18. The average molecular weight is 393 g/mol. The zero-order valence-corrected chi connectivity index (χ0v) is 16.5. The van der Waals surface area contributed by atoms with Crippen molar-refractivity contribution in [2.75, 3.05) is 27.4 Å². The smallest absolute Gasteiger partial charge is 0.343 e. The molecular formula is C19H23NO6S. The molecule has 1 heterocycles. The Morgan fingerprint density at radius 2 is 1.96 bits per heavy atom. The summed E-state index contributed by atoms with van der Waals surface area (Å²) in [6, 6.07) is 5.04. The third kappa shape index (κ3) is 5.50. The first-order valence-corrected chi connectivity index (χ1v) is 9.44. The number of carbonyl (C=O) groups is 3. The Labute approximate surface area is 162 Å². The summed E-state index contributed by atoms with van der Waals surface area (Å²) >= 11 is 0.935. The van der Waals surface area contributed by atoms with Gasteiger partial charge in [0.1, 0.15) is 0 Å². The summed E-state index contributed by atoms with van der Waals surface area (Å²) in [6.07, 6.45) is 4.46. The van der Waals surface area contributed by atoms with E-state index in [9.17, 15) is 14.4 Å². The van der Waals surface area contributed by atoms with Gasteiger partial charge in [-0.25, -0.2) is 4.79 Å². The summed E-state index contributed by atoms with van der Waals surface area (Å²) in [4.78, 5) is 37.4. The fourth-order valence-electron chi connectivity index (χ4n) is 2.45. The van der Waals surface area contributed by atoms with Gasteiger partial charge in [0.15, 0.2) is 18.1 Å². The Kier molecular flexibility index (Phi) is 7.72. The second kappa shape index (κ2) is 10.0. The molecule has 0 bridgehead atoms. The normalized spacial score (nSPS) is 15.4. The van der Waals surface area contributed by atoms with Crippen LogP contribution in [0.3, 0.4) is 0 Å². The third-order valence-electron chi connectivity index (χ3n) is 3.92. The van der Waals surface area contributed by atoms with E-state index in [0.29, 0.717) is 28.5 Å². The number of carbonyl (C=O) groups excluding carboxylic acids is 3. The first-order chi connectivity index (χ1) is 13.0. The number of hydrogen-bond acceptors (Lipinski definition) is 7. The van der Waals surface area contributed by atoms with E-state index in [2.05, 4.69) is 11.7 Å². The lowest BCUT2D eigenvalue weighted by atomic mass is 10.2. The van der Waals surface area contributed by atoms with Gasteiger partial charge in [0.2, 0.25) is 0 Å². The molecule has 0 radical (unpaired) electrons. The summed E-state index contributed by atoms with van der Waals surface area (Å²) in [7, 11) is 2.76. The number of amides is 2. The van der Waals surface area contributed by atoms with E-state index in [0.717, 1.165) is 31.0 Å². The van der Waals surface area contributed by atoms with Crippen LogP contribution in [0, 0.1) is 0 Å². The molecule has 0 saturated carbocycles. The van der Waals surface area contributed by atoms with E-state index < -0.39 is 5.97 Å². The topological polar surface area (TPSA) is 82.1 Å². The first-order valence-electron chi connectivity index (χ1n) is 8.63. The molecule has 0 atom stereocenters. The molecule has 1 aliphatic rings. The monoisotopic (exact) mass is 393 g/mol. The lowest BCUT2D eigenvalue weighted by molar-refractivity contribution is -0.142. The van der Waals surface area contributed by atoms with Crippen LogP contribution in [0.5, 0.6) is 11.5 Å². The van der Waals surface area contributed by atoms with Crippen molar-refractivity contribution in [1.82, 2.24) is 4.90 Å². The van der Waals surface area contributed by atoms with Gasteiger partial charge < -0.3 is 14.2 Å². The van der Waals surface area contributed by atoms with Gasteiger partial charge in [-0.15, -0.1) is 0 Å². The first kappa shape index (κ1) is 20.8. The van der Waals surface area contributed by atoms with Crippen LogP contribution in [0.4, 0.5) is 4.79 Å². The molecule has 0 spiro atoms. The van der Waals surface area contributed by atoms with Gasteiger partial charge in [0.25, 0.3) is 11.1 Å². The molecule has 27 heavy (non-hydrogen) atoms. The number of thioether (sulfide) groups is 1. The van der Waals surface area contributed by atoms with Crippen molar-refractivity contribution in [1.29, 1.82) is 0 Å². The van der Waals surface area contributed by atoms with Gasteiger partial charge in [0, 0.05) is 6.54 Å². The number of unbranched alkanes of at least 4 members (excludes halogenated alkanes) is 2. The van der Waals surface area contributed by atoms with E-state index in [1.165, 1.54) is 19.1 Å². The van der Waals surface area contributed by atoms with Crippen molar-refractivity contribution in [3.63, 3.8) is 0 Å². The van der Waals surface area contributed by atoms with Crippen molar-refractivity contribution in [2.45, 2.75) is 26.2 Å². The molecule has 146 valence electrons. The predicted octanol–water partition coefficient (Wildman–Crippen LogP) is 3.47. The average Bonchev–Trinajstić information content (AvgIpc) is 2.93. The SMILES string of the molecule is CCCCCN1C(=O)S/C(=C\c2ccc(OCC(=O)OC)c(OC)c2)C1=O. The molecule has 0 N–H and O–H groups in total. The number of benzene rings is 1. The number of rotatable bonds is 9. The van der Waals surface area contributed by atoms with Gasteiger partial charge in [-0.1, -0.05) is 25.8 Å². The summed E-state index contributed by atoms with van der Waals surface area (Å²) in [5, 5.41) is -0.243. The van der Waals surface area contributed by atoms with Gasteiger partial charge in [-0.3, -0.25) is 14.5 Å². The maximum atomic E-state index is 12.5. The Bertz CT molecular complexity index is 746. The van der Waals surface area contributed by atoms with E-state index >= 15 is 0 Å². The number of methoxy groups -OCH3 is 2. The Morgan fingerprint density at radius 3 is 2.63 bits per heavy atom. The van der Waals surface area contributed by atoms with E-state index in [-0.39, 0.29) is 17.8 Å². The Balaban J connectivity index is 2.12. The van der Waals surface area contributed by atoms with Crippen molar-refractivity contribution < 1.29 is 28.6 Å². The van der Waals surface area contributed by atoms with E-state index in [1.54, 1.807) is 24.3 Å². The molecule has 1 saturated heterocycles. The summed E-state index contributed by atoms with van der Waals surface area (Å²) in [5.74, 6) is 0.0199. The predicted molar refractivity (Wildman–Crippen MR) is 103 cm³/mol. The molecule has 1 aromatic rings. The second-order valence-corrected chi connectivity index (χ2v) is 6.81. The van der Waals surface area contributed by atoms with Crippen LogP contribution in [0.15, 0.2) is 23.1 Å². The van der Waals surface area contributed by atoms with Crippen molar-refractivity contribution in [3.05, 3.63) is 28.7 Å². The molecule has 2 rings (SSSR count). The number of hydrogen-bond donors (Lipinski definition) is 0. The zero-order chi connectivity index (χ0) is 19.8. The maximum Gasteiger partial charge on any atom is 0.343 e. The van der Waals surface area contributed by atoms with Crippen LogP contribution in [-0.2, 0) is 14.3 Å². The highest BCUT2D eigenvalue weighted by atomic mass is 32.2. The van der Waals surface area contributed by atoms with Crippen LogP contribution in [-0.4, -0.2) is 49.4 Å². The molecule has 8 heteroatoms. The zero-order valence-electron chi connectivity index (χ0n) is 15.6. The lowest BCUT2D eigenvalue weighted by Crippen LogP contribution is -2.29. The van der Waals surface area contributed by atoms with Crippen LogP contribution < -0.4 is 9.47 Å². The highest BCUT2D eigenvalue weighted by Gasteiger charge is 2.34. The van der Waals surface area contributed by atoms with Crippen LogP contribution in [0.1, 0.15) is 31.7 Å². The lowest BCUT2D eigenvalue weighted by Gasteiger charge is -2.11. The molecule has 7 nitrogen and oxygen atoms in total. The molecule has 0 unspecified atom stereocenters. The Hall–Kier alpha value is -2.48. The van der Waals surface area contributed by atoms with Crippen LogP contribution in [0.25, 0.3) is 6.08 Å².